The van der Waals surface area contributed by atoms with Crippen LogP contribution in [0.15, 0.2) is 18.5 Å². The molecule has 1 atom stereocenters. The second-order valence-electron chi connectivity index (χ2n) is 5.45. The van der Waals surface area contributed by atoms with E-state index < -0.39 is 11.9 Å². The summed E-state index contributed by atoms with van der Waals surface area (Å²) >= 11 is 6.15. The molecule has 2 aromatic rings. The standard InChI is InChI=1S/C16H17ClN4O5/c1-2-25-16(23)11-7-19-21-13(11)20-14(22)9-5-12(17)15(18-6-9)26-10-3-4-24-8-10/h5-7,10H,2-4,8H2,1H3,(H2,19,20,21,22). The number of rotatable bonds is 6. The SMILES string of the molecule is CCOC(=O)c1cn[nH]c1NC(=O)c1cnc(OC2CCOC2)c(Cl)c1. The molecule has 138 valence electrons. The highest BCUT2D eigenvalue weighted by molar-refractivity contribution is 6.32. The summed E-state index contributed by atoms with van der Waals surface area (Å²) in [5.41, 5.74) is 0.329. The third-order valence-corrected chi connectivity index (χ3v) is 3.88. The number of carbonyl (C=O) groups excluding carboxylic acids is 2. The zero-order valence-electron chi connectivity index (χ0n) is 14.0. The lowest BCUT2D eigenvalue weighted by Crippen LogP contribution is -2.18. The number of anilines is 1. The van der Waals surface area contributed by atoms with E-state index in [0.29, 0.717) is 13.2 Å². The number of aromatic amines is 1. The molecule has 2 aromatic heterocycles. The van der Waals surface area contributed by atoms with Gasteiger partial charge in [-0.2, -0.15) is 5.10 Å². The molecule has 0 aromatic carbocycles. The van der Waals surface area contributed by atoms with E-state index >= 15 is 0 Å². The van der Waals surface area contributed by atoms with Crippen molar-refractivity contribution in [2.75, 3.05) is 25.1 Å². The summed E-state index contributed by atoms with van der Waals surface area (Å²) in [6.45, 7) is 3.02. The van der Waals surface area contributed by atoms with Crippen LogP contribution in [0, 0.1) is 0 Å². The highest BCUT2D eigenvalue weighted by atomic mass is 35.5. The van der Waals surface area contributed by atoms with Gasteiger partial charge >= 0.3 is 5.97 Å². The van der Waals surface area contributed by atoms with Crippen molar-refractivity contribution in [3.05, 3.63) is 34.6 Å². The van der Waals surface area contributed by atoms with E-state index in [1.807, 2.05) is 0 Å². The minimum absolute atomic E-state index is 0.100. The van der Waals surface area contributed by atoms with E-state index in [4.69, 9.17) is 25.8 Å². The van der Waals surface area contributed by atoms with Crippen molar-refractivity contribution in [3.63, 3.8) is 0 Å². The number of amides is 1. The van der Waals surface area contributed by atoms with Crippen LogP contribution in [0.2, 0.25) is 5.02 Å². The normalized spacial score (nSPS) is 16.3. The third kappa shape index (κ3) is 4.12. The number of hydrogen-bond acceptors (Lipinski definition) is 7. The van der Waals surface area contributed by atoms with Crippen LogP contribution in [-0.4, -0.2) is 53.0 Å². The molecule has 1 unspecified atom stereocenters. The lowest BCUT2D eigenvalue weighted by molar-refractivity contribution is 0.0527. The summed E-state index contributed by atoms with van der Waals surface area (Å²) in [5.74, 6) is -0.722. The molecule has 1 fully saturated rings. The molecular formula is C16H17ClN4O5. The summed E-state index contributed by atoms with van der Waals surface area (Å²) in [7, 11) is 0. The number of hydrogen-bond donors (Lipinski definition) is 2. The van der Waals surface area contributed by atoms with E-state index in [0.717, 1.165) is 6.42 Å². The van der Waals surface area contributed by atoms with Gasteiger partial charge in [0.2, 0.25) is 5.88 Å². The van der Waals surface area contributed by atoms with Crippen molar-refractivity contribution in [1.82, 2.24) is 15.2 Å². The summed E-state index contributed by atoms with van der Waals surface area (Å²) in [6.07, 6.45) is 3.28. The predicted octanol–water partition coefficient (Wildman–Crippen LogP) is 2.05. The van der Waals surface area contributed by atoms with Gasteiger partial charge < -0.3 is 19.5 Å². The van der Waals surface area contributed by atoms with E-state index in [1.165, 1.54) is 18.5 Å². The second-order valence-corrected chi connectivity index (χ2v) is 5.85. The summed E-state index contributed by atoms with van der Waals surface area (Å²) in [5, 5.41) is 9.05. The van der Waals surface area contributed by atoms with Crippen molar-refractivity contribution in [2.24, 2.45) is 0 Å². The Morgan fingerprint density at radius 2 is 2.31 bits per heavy atom. The van der Waals surface area contributed by atoms with Gasteiger partial charge in [-0.1, -0.05) is 11.6 Å². The summed E-state index contributed by atoms with van der Waals surface area (Å²) in [6, 6.07) is 1.44. The first-order valence-corrected chi connectivity index (χ1v) is 8.38. The third-order valence-electron chi connectivity index (χ3n) is 3.61. The molecule has 0 saturated carbocycles. The van der Waals surface area contributed by atoms with Crippen molar-refractivity contribution < 1.29 is 23.8 Å². The average molecular weight is 381 g/mol. The Kier molecular flexibility index (Phi) is 5.69. The smallest absolute Gasteiger partial charge is 0.343 e. The van der Waals surface area contributed by atoms with E-state index in [2.05, 4.69) is 20.5 Å². The lowest BCUT2D eigenvalue weighted by Gasteiger charge is -2.12. The molecule has 1 aliphatic rings. The minimum Gasteiger partial charge on any atom is -0.471 e. The van der Waals surface area contributed by atoms with Crippen LogP contribution in [0.1, 0.15) is 34.1 Å². The molecule has 26 heavy (non-hydrogen) atoms. The van der Waals surface area contributed by atoms with Crippen LogP contribution in [-0.2, 0) is 9.47 Å². The monoisotopic (exact) mass is 380 g/mol. The van der Waals surface area contributed by atoms with Gasteiger partial charge in [-0.05, 0) is 13.0 Å². The Morgan fingerprint density at radius 1 is 1.46 bits per heavy atom. The minimum atomic E-state index is -0.588. The van der Waals surface area contributed by atoms with Gasteiger partial charge in [0.05, 0.1) is 31.6 Å². The highest BCUT2D eigenvalue weighted by Crippen LogP contribution is 2.25. The number of nitrogens with one attached hydrogen (secondary N) is 2. The maximum atomic E-state index is 12.4. The van der Waals surface area contributed by atoms with Crippen LogP contribution in [0.3, 0.4) is 0 Å². The van der Waals surface area contributed by atoms with E-state index in [9.17, 15) is 9.59 Å². The number of aromatic nitrogens is 3. The van der Waals surface area contributed by atoms with Crippen LogP contribution >= 0.6 is 11.6 Å². The molecule has 0 bridgehead atoms. The van der Waals surface area contributed by atoms with Gasteiger partial charge in [-0.15, -0.1) is 0 Å². The number of ether oxygens (including phenoxy) is 3. The number of carbonyl (C=O) groups is 2. The maximum Gasteiger partial charge on any atom is 0.343 e. The molecule has 3 rings (SSSR count). The molecular weight excluding hydrogens is 364 g/mol. The molecule has 0 radical (unpaired) electrons. The summed E-state index contributed by atoms with van der Waals surface area (Å²) in [4.78, 5) is 28.3. The zero-order chi connectivity index (χ0) is 18.5. The van der Waals surface area contributed by atoms with Crippen LogP contribution in [0.25, 0.3) is 0 Å². The molecule has 2 N–H and O–H groups in total. The molecule has 3 heterocycles. The topological polar surface area (TPSA) is 115 Å². The molecule has 10 heteroatoms. The van der Waals surface area contributed by atoms with E-state index in [-0.39, 0.29) is 40.6 Å². The van der Waals surface area contributed by atoms with Gasteiger partial charge in [0, 0.05) is 12.6 Å². The zero-order valence-corrected chi connectivity index (χ0v) is 14.7. The number of H-pyrrole nitrogens is 1. The molecule has 9 nitrogen and oxygen atoms in total. The molecule has 1 aliphatic heterocycles. The van der Waals surface area contributed by atoms with Crippen molar-refractivity contribution in [2.45, 2.75) is 19.4 Å². The molecule has 1 amide bonds. The fourth-order valence-corrected chi connectivity index (χ4v) is 2.54. The highest BCUT2D eigenvalue weighted by Gasteiger charge is 2.21. The van der Waals surface area contributed by atoms with Gasteiger partial charge in [0.25, 0.3) is 5.91 Å². The van der Waals surface area contributed by atoms with Crippen LogP contribution in [0.5, 0.6) is 5.88 Å². The van der Waals surface area contributed by atoms with Crippen molar-refractivity contribution in [3.8, 4) is 5.88 Å². The Labute approximate surface area is 154 Å². The largest absolute Gasteiger partial charge is 0.471 e. The number of pyridine rings is 1. The molecule has 0 aliphatic carbocycles. The predicted molar refractivity (Wildman–Crippen MR) is 91.6 cm³/mol. The second kappa shape index (κ2) is 8.15. The Balaban J connectivity index is 1.69. The number of halogens is 1. The maximum absolute atomic E-state index is 12.4. The Bertz CT molecular complexity index is 804. The van der Waals surface area contributed by atoms with Gasteiger partial charge in [-0.3, -0.25) is 9.89 Å². The molecule has 1 saturated heterocycles. The first-order chi connectivity index (χ1) is 12.6. The number of esters is 1. The van der Waals surface area contributed by atoms with Crippen LogP contribution < -0.4 is 10.1 Å². The Hall–Kier alpha value is -2.65. The fraction of sp³-hybridized carbons (Fsp3) is 0.375. The van der Waals surface area contributed by atoms with Crippen molar-refractivity contribution >= 4 is 29.3 Å². The lowest BCUT2D eigenvalue weighted by atomic mass is 10.2. The first kappa shape index (κ1) is 18.2. The first-order valence-electron chi connectivity index (χ1n) is 8.00. The van der Waals surface area contributed by atoms with Gasteiger partial charge in [0.15, 0.2) is 0 Å². The number of nitrogens with zero attached hydrogens (tertiary/aromatic N) is 2. The van der Waals surface area contributed by atoms with E-state index in [1.54, 1.807) is 6.92 Å². The fourth-order valence-electron chi connectivity index (χ4n) is 2.33. The Morgan fingerprint density at radius 3 is 3.00 bits per heavy atom. The van der Waals surface area contributed by atoms with Crippen LogP contribution in [0.4, 0.5) is 5.82 Å². The quantitative estimate of drug-likeness (QED) is 0.737. The summed E-state index contributed by atoms with van der Waals surface area (Å²) < 4.78 is 15.8. The average Bonchev–Trinajstić information content (AvgIpc) is 3.28. The molecule has 0 spiro atoms. The van der Waals surface area contributed by atoms with Gasteiger partial charge in [0.1, 0.15) is 22.5 Å². The van der Waals surface area contributed by atoms with Crippen molar-refractivity contribution in [1.29, 1.82) is 0 Å². The van der Waals surface area contributed by atoms with Gasteiger partial charge in [-0.25, -0.2) is 9.78 Å².